The monoisotopic (exact) mass is 262 g/mol. The van der Waals surface area contributed by atoms with E-state index in [4.69, 9.17) is 17.4 Å². The predicted octanol–water partition coefficient (Wildman–Crippen LogP) is 3.14. The Balaban J connectivity index is 1.60. The molecule has 2 bridgehead atoms. The Bertz CT molecular complexity index is 459. The molecular formula is C15H19ClN2. The second-order valence-corrected chi connectivity index (χ2v) is 6.70. The Morgan fingerprint density at radius 1 is 1.22 bits per heavy atom. The molecule has 0 aliphatic heterocycles. The van der Waals surface area contributed by atoms with E-state index in [-0.39, 0.29) is 0 Å². The molecule has 3 fully saturated rings. The van der Waals surface area contributed by atoms with Gasteiger partial charge in [0.15, 0.2) is 0 Å². The third kappa shape index (κ3) is 1.49. The maximum atomic E-state index is 6.09. The molecular weight excluding hydrogens is 244 g/mol. The van der Waals surface area contributed by atoms with Crippen LogP contribution in [0, 0.1) is 29.6 Å². The molecule has 0 saturated heterocycles. The number of nitrogens with one attached hydrogen (secondary N) is 1. The number of hydrogen-bond acceptors (Lipinski definition) is 2. The quantitative estimate of drug-likeness (QED) is 0.649. The highest BCUT2D eigenvalue weighted by Crippen LogP contribution is 2.72. The minimum atomic E-state index is 0.294. The Morgan fingerprint density at radius 3 is 2.56 bits per heavy atom. The molecule has 3 aliphatic rings. The number of hydrazine groups is 1. The van der Waals surface area contributed by atoms with E-state index in [1.807, 2.05) is 12.1 Å². The topological polar surface area (TPSA) is 38.0 Å². The van der Waals surface area contributed by atoms with Crippen LogP contribution < -0.4 is 11.3 Å². The van der Waals surface area contributed by atoms with Crippen molar-refractivity contribution < 1.29 is 0 Å². The van der Waals surface area contributed by atoms with E-state index in [1.54, 1.807) is 0 Å². The van der Waals surface area contributed by atoms with Crippen LogP contribution in [-0.2, 0) is 0 Å². The molecule has 96 valence electrons. The predicted molar refractivity (Wildman–Crippen MR) is 72.8 cm³/mol. The van der Waals surface area contributed by atoms with Crippen LogP contribution in [0.25, 0.3) is 0 Å². The fourth-order valence-electron chi connectivity index (χ4n) is 4.97. The molecule has 3 heteroatoms. The van der Waals surface area contributed by atoms with Crippen molar-refractivity contribution in [1.82, 2.24) is 5.43 Å². The fraction of sp³-hybridized carbons (Fsp3) is 0.600. The van der Waals surface area contributed by atoms with Crippen molar-refractivity contribution >= 4 is 11.6 Å². The number of halogens is 1. The maximum absolute atomic E-state index is 6.09. The third-order valence-electron chi connectivity index (χ3n) is 5.57. The molecule has 1 aromatic carbocycles. The van der Waals surface area contributed by atoms with E-state index in [1.165, 1.54) is 24.8 Å². The van der Waals surface area contributed by atoms with Gasteiger partial charge < -0.3 is 0 Å². The minimum absolute atomic E-state index is 0.294. The molecule has 0 radical (unpaired) electrons. The van der Waals surface area contributed by atoms with E-state index in [9.17, 15) is 0 Å². The zero-order valence-corrected chi connectivity index (χ0v) is 11.1. The van der Waals surface area contributed by atoms with Gasteiger partial charge in [-0.15, -0.1) is 0 Å². The van der Waals surface area contributed by atoms with Gasteiger partial charge in [-0.3, -0.25) is 11.3 Å². The van der Waals surface area contributed by atoms with Crippen LogP contribution in [0.3, 0.4) is 0 Å². The highest BCUT2D eigenvalue weighted by Gasteiger charge is 2.66. The standard InChI is InChI=1S/C15H19ClN2/c16-11-3-1-2-10(7-11)15(18-17)14-12-8-4-5-9(6-8)13(12)14/h1-3,7-9,12-15,18H,4-6,17H2. The van der Waals surface area contributed by atoms with Crippen molar-refractivity contribution in [1.29, 1.82) is 0 Å². The molecule has 0 aromatic heterocycles. The van der Waals surface area contributed by atoms with E-state index in [0.717, 1.165) is 34.6 Å². The molecule has 0 amide bonds. The van der Waals surface area contributed by atoms with Gasteiger partial charge in [0.1, 0.15) is 0 Å². The van der Waals surface area contributed by atoms with Crippen molar-refractivity contribution in [3.8, 4) is 0 Å². The lowest BCUT2D eigenvalue weighted by Gasteiger charge is -2.20. The highest BCUT2D eigenvalue weighted by atomic mass is 35.5. The van der Waals surface area contributed by atoms with Gasteiger partial charge in [-0.05, 0) is 66.5 Å². The fourth-order valence-corrected chi connectivity index (χ4v) is 5.17. The zero-order valence-electron chi connectivity index (χ0n) is 10.4. The first-order valence-corrected chi connectivity index (χ1v) is 7.39. The molecule has 0 spiro atoms. The molecule has 3 aliphatic carbocycles. The van der Waals surface area contributed by atoms with Crippen LogP contribution in [0.1, 0.15) is 30.9 Å². The molecule has 5 unspecified atom stereocenters. The first-order chi connectivity index (χ1) is 8.79. The second kappa shape index (κ2) is 3.96. The van der Waals surface area contributed by atoms with Gasteiger partial charge in [0.05, 0.1) is 0 Å². The Morgan fingerprint density at radius 2 is 1.94 bits per heavy atom. The van der Waals surface area contributed by atoms with Crippen molar-refractivity contribution in [3.05, 3.63) is 34.9 Å². The summed E-state index contributed by atoms with van der Waals surface area (Å²) in [4.78, 5) is 0. The second-order valence-electron chi connectivity index (χ2n) is 6.26. The van der Waals surface area contributed by atoms with E-state index in [2.05, 4.69) is 17.6 Å². The van der Waals surface area contributed by atoms with Crippen LogP contribution in [-0.4, -0.2) is 0 Å². The van der Waals surface area contributed by atoms with Crippen LogP contribution in [0.4, 0.5) is 0 Å². The van der Waals surface area contributed by atoms with Crippen molar-refractivity contribution in [3.63, 3.8) is 0 Å². The van der Waals surface area contributed by atoms with Gasteiger partial charge in [-0.2, -0.15) is 0 Å². The van der Waals surface area contributed by atoms with Crippen LogP contribution in [0.5, 0.6) is 0 Å². The lowest BCUT2D eigenvalue weighted by Crippen LogP contribution is -2.31. The summed E-state index contributed by atoms with van der Waals surface area (Å²) in [6, 6.07) is 8.45. The van der Waals surface area contributed by atoms with Gasteiger partial charge in [-0.25, -0.2) is 0 Å². The van der Waals surface area contributed by atoms with Crippen LogP contribution >= 0.6 is 11.6 Å². The van der Waals surface area contributed by atoms with Crippen LogP contribution in [0.15, 0.2) is 24.3 Å². The molecule has 2 nitrogen and oxygen atoms in total. The van der Waals surface area contributed by atoms with Gasteiger partial charge in [0.25, 0.3) is 0 Å². The molecule has 3 saturated carbocycles. The van der Waals surface area contributed by atoms with Crippen molar-refractivity contribution in [2.45, 2.75) is 25.3 Å². The van der Waals surface area contributed by atoms with E-state index < -0.39 is 0 Å². The van der Waals surface area contributed by atoms with Gasteiger partial charge in [-0.1, -0.05) is 23.7 Å². The van der Waals surface area contributed by atoms with E-state index in [0.29, 0.717) is 6.04 Å². The third-order valence-corrected chi connectivity index (χ3v) is 5.80. The van der Waals surface area contributed by atoms with Crippen LogP contribution in [0.2, 0.25) is 5.02 Å². The number of rotatable bonds is 3. The van der Waals surface area contributed by atoms with Gasteiger partial charge in [0.2, 0.25) is 0 Å². The molecule has 0 heterocycles. The molecule has 5 atom stereocenters. The average molecular weight is 263 g/mol. The van der Waals surface area contributed by atoms with Gasteiger partial charge in [0, 0.05) is 11.1 Å². The van der Waals surface area contributed by atoms with Crippen molar-refractivity contribution in [2.75, 3.05) is 0 Å². The SMILES string of the molecule is NNC(c1cccc(Cl)c1)C1C2C3CCC(C3)C21. The summed E-state index contributed by atoms with van der Waals surface area (Å²) < 4.78 is 0. The number of nitrogens with two attached hydrogens (primary N) is 1. The largest absolute Gasteiger partial charge is 0.271 e. The summed E-state index contributed by atoms with van der Waals surface area (Å²) in [5.41, 5.74) is 4.30. The van der Waals surface area contributed by atoms with Crippen molar-refractivity contribution in [2.24, 2.45) is 35.4 Å². The van der Waals surface area contributed by atoms with E-state index >= 15 is 0 Å². The maximum Gasteiger partial charge on any atom is 0.0494 e. The highest BCUT2D eigenvalue weighted by molar-refractivity contribution is 6.30. The Hall–Kier alpha value is -0.570. The molecule has 3 N–H and O–H groups in total. The zero-order chi connectivity index (χ0) is 12.3. The summed E-state index contributed by atoms with van der Waals surface area (Å²) in [6.45, 7) is 0. The summed E-state index contributed by atoms with van der Waals surface area (Å²) in [7, 11) is 0. The minimum Gasteiger partial charge on any atom is -0.271 e. The summed E-state index contributed by atoms with van der Waals surface area (Å²) in [5, 5.41) is 0.807. The molecule has 4 rings (SSSR count). The number of benzene rings is 1. The average Bonchev–Trinajstić information content (AvgIpc) is 2.80. The smallest absolute Gasteiger partial charge is 0.0494 e. The molecule has 1 aromatic rings. The summed E-state index contributed by atoms with van der Waals surface area (Å²) >= 11 is 6.09. The Kier molecular flexibility index (Phi) is 2.48. The first-order valence-electron chi connectivity index (χ1n) is 7.01. The first kappa shape index (κ1) is 11.3. The lowest BCUT2D eigenvalue weighted by molar-refractivity contribution is 0.374. The summed E-state index contributed by atoms with van der Waals surface area (Å²) in [5.74, 6) is 10.4. The number of hydrogen-bond donors (Lipinski definition) is 2. The normalized spacial score (nSPS) is 41.8. The number of fused-ring (bicyclic) bond motifs is 5. The lowest BCUT2D eigenvalue weighted by atomic mass is 9.93. The van der Waals surface area contributed by atoms with Gasteiger partial charge >= 0.3 is 0 Å². The summed E-state index contributed by atoms with van der Waals surface area (Å²) in [6.07, 6.45) is 4.39. The molecule has 18 heavy (non-hydrogen) atoms. The Labute approximate surface area is 113 Å².